The van der Waals surface area contributed by atoms with E-state index in [9.17, 15) is 4.79 Å². The van der Waals surface area contributed by atoms with E-state index >= 15 is 0 Å². The van der Waals surface area contributed by atoms with Crippen LogP contribution < -0.4 is 0 Å². The first kappa shape index (κ1) is 16.9. The summed E-state index contributed by atoms with van der Waals surface area (Å²) in [6.07, 6.45) is 4.42. The molecule has 2 aromatic carbocycles. The number of rotatable bonds is 2. The molecule has 138 valence electrons. The third-order valence-corrected chi connectivity index (χ3v) is 7.52. The van der Waals surface area contributed by atoms with E-state index in [2.05, 4.69) is 65.7 Å². The highest BCUT2D eigenvalue weighted by atomic mass is 16.1. The van der Waals surface area contributed by atoms with Crippen LogP contribution in [0.4, 0.5) is 0 Å². The normalized spacial score (nSPS) is 36.6. The molecule has 0 saturated heterocycles. The number of benzene rings is 2. The molecule has 0 heterocycles. The zero-order valence-electron chi connectivity index (χ0n) is 15.9. The van der Waals surface area contributed by atoms with Crippen LogP contribution in [0, 0.1) is 23.7 Å². The molecule has 0 spiro atoms. The molecular formula is C25H27NO. The van der Waals surface area contributed by atoms with E-state index in [4.69, 9.17) is 0 Å². The molecule has 27 heavy (non-hydrogen) atoms. The lowest BCUT2D eigenvalue weighted by Gasteiger charge is -2.49. The van der Waals surface area contributed by atoms with Crippen LogP contribution in [0.25, 0.3) is 0 Å². The molecule has 6 unspecified atom stereocenters. The molecule has 0 radical (unpaired) electrons. The zero-order valence-corrected chi connectivity index (χ0v) is 15.9. The van der Waals surface area contributed by atoms with Gasteiger partial charge in [-0.3, -0.25) is 9.79 Å². The quantitative estimate of drug-likeness (QED) is 0.721. The fraction of sp³-hybridized carbons (Fsp3) is 0.440. The van der Waals surface area contributed by atoms with Crippen molar-refractivity contribution in [2.45, 2.75) is 37.5 Å². The van der Waals surface area contributed by atoms with Gasteiger partial charge in [-0.1, -0.05) is 60.7 Å². The van der Waals surface area contributed by atoms with Gasteiger partial charge in [-0.2, -0.15) is 0 Å². The Morgan fingerprint density at radius 3 is 1.63 bits per heavy atom. The van der Waals surface area contributed by atoms with Gasteiger partial charge in [-0.15, -0.1) is 0 Å². The number of carbonyl (C=O) groups is 1. The van der Waals surface area contributed by atoms with Gasteiger partial charge >= 0.3 is 0 Å². The van der Waals surface area contributed by atoms with E-state index in [0.29, 0.717) is 35.4 Å². The van der Waals surface area contributed by atoms with Crippen LogP contribution in [0.2, 0.25) is 0 Å². The molecule has 3 fully saturated rings. The lowest BCUT2D eigenvalue weighted by molar-refractivity contribution is -0.118. The molecule has 6 atom stereocenters. The summed E-state index contributed by atoms with van der Waals surface area (Å²) in [5, 5.41) is 0. The van der Waals surface area contributed by atoms with Crippen molar-refractivity contribution in [1.82, 2.24) is 0 Å². The molecular weight excluding hydrogens is 330 g/mol. The third-order valence-electron chi connectivity index (χ3n) is 7.52. The van der Waals surface area contributed by atoms with Crippen LogP contribution in [0.5, 0.6) is 0 Å². The van der Waals surface area contributed by atoms with Crippen molar-refractivity contribution in [3.63, 3.8) is 0 Å². The largest absolute Gasteiger partial charge is 0.293 e. The first-order chi connectivity index (χ1) is 13.3. The summed E-state index contributed by atoms with van der Waals surface area (Å²) in [5.41, 5.74) is 3.81. The lowest BCUT2D eigenvalue weighted by atomic mass is 9.54. The Balaban J connectivity index is 1.62. The second-order valence-electron chi connectivity index (χ2n) is 8.53. The number of nitrogens with zero attached hydrogens (tertiary/aromatic N) is 1. The number of hydrogen-bond donors (Lipinski definition) is 0. The monoisotopic (exact) mass is 357 g/mol. The average molecular weight is 357 g/mol. The first-order valence-electron chi connectivity index (χ1n) is 10.4. The molecule has 3 aliphatic rings. The molecule has 0 N–H and O–H groups in total. The number of Topliss-reactive ketones (excluding diaryl/α,β-unsaturated/α-hetero) is 1. The Morgan fingerprint density at radius 1 is 0.667 bits per heavy atom. The van der Waals surface area contributed by atoms with Crippen molar-refractivity contribution in [3.8, 4) is 0 Å². The minimum Gasteiger partial charge on any atom is -0.293 e. The fourth-order valence-electron chi connectivity index (χ4n) is 6.57. The second kappa shape index (κ2) is 6.74. The van der Waals surface area contributed by atoms with Crippen molar-refractivity contribution in [2.75, 3.05) is 7.05 Å². The van der Waals surface area contributed by atoms with Gasteiger partial charge in [0.2, 0.25) is 0 Å². The average Bonchev–Trinajstić information content (AvgIpc) is 3.02. The number of ketones is 1. The van der Waals surface area contributed by atoms with E-state index in [1.54, 1.807) is 0 Å². The molecule has 2 heteroatoms. The Bertz CT molecular complexity index is 815. The van der Waals surface area contributed by atoms with Gasteiger partial charge in [0.1, 0.15) is 0 Å². The molecule has 0 bridgehead atoms. The van der Waals surface area contributed by atoms with Crippen LogP contribution in [0.1, 0.15) is 48.6 Å². The molecule has 0 aliphatic heterocycles. The van der Waals surface area contributed by atoms with Gasteiger partial charge in [0, 0.05) is 18.9 Å². The minimum atomic E-state index is 0.199. The Morgan fingerprint density at radius 2 is 1.11 bits per heavy atom. The lowest BCUT2D eigenvalue weighted by Crippen LogP contribution is -2.42. The van der Waals surface area contributed by atoms with Gasteiger partial charge in [-0.25, -0.2) is 0 Å². The van der Waals surface area contributed by atoms with Crippen molar-refractivity contribution in [1.29, 1.82) is 0 Å². The van der Waals surface area contributed by atoms with E-state index in [1.807, 2.05) is 7.05 Å². The minimum absolute atomic E-state index is 0.199. The van der Waals surface area contributed by atoms with Gasteiger partial charge in [0.25, 0.3) is 0 Å². The topological polar surface area (TPSA) is 29.4 Å². The summed E-state index contributed by atoms with van der Waals surface area (Å²) in [6, 6.07) is 22.0. The summed E-state index contributed by atoms with van der Waals surface area (Å²) >= 11 is 0. The highest BCUT2D eigenvalue weighted by Crippen LogP contribution is 2.60. The predicted molar refractivity (Wildman–Crippen MR) is 109 cm³/mol. The van der Waals surface area contributed by atoms with Crippen LogP contribution in [0.3, 0.4) is 0 Å². The smallest absolute Gasteiger partial charge is 0.180 e. The molecule has 3 aliphatic carbocycles. The number of hydrogen-bond acceptors (Lipinski definition) is 2. The SMILES string of the molecule is CN=C1C(=O)C2CCC(c3ccccc3)C3C(c4ccccc4)CCC1C23. The number of carbonyl (C=O) groups excluding carboxylic acids is 1. The van der Waals surface area contributed by atoms with Gasteiger partial charge in [0.05, 0.1) is 5.71 Å². The van der Waals surface area contributed by atoms with Crippen molar-refractivity contribution >= 4 is 11.5 Å². The van der Waals surface area contributed by atoms with Gasteiger partial charge in [-0.05, 0) is 60.5 Å². The standard InChI is InChI=1S/C25H27NO/c1-26-24-20-14-12-18(16-8-4-2-5-9-16)22-19(17-10-6-3-7-11-17)13-15-21(23(20)22)25(24)27/h2-11,18-23H,12-15H2,1H3. The molecule has 3 saturated carbocycles. The second-order valence-corrected chi connectivity index (χ2v) is 8.53. The highest BCUT2D eigenvalue weighted by molar-refractivity contribution is 6.43. The van der Waals surface area contributed by atoms with Crippen LogP contribution in [-0.4, -0.2) is 18.5 Å². The maximum Gasteiger partial charge on any atom is 0.180 e. The van der Waals surface area contributed by atoms with Crippen LogP contribution in [0.15, 0.2) is 65.7 Å². The van der Waals surface area contributed by atoms with E-state index in [1.165, 1.54) is 11.1 Å². The molecule has 2 aromatic rings. The van der Waals surface area contributed by atoms with Crippen LogP contribution in [-0.2, 0) is 4.79 Å². The predicted octanol–water partition coefficient (Wildman–Crippen LogP) is 5.26. The summed E-state index contributed by atoms with van der Waals surface area (Å²) in [7, 11) is 1.82. The molecule has 2 nitrogen and oxygen atoms in total. The molecule has 0 aromatic heterocycles. The third kappa shape index (κ3) is 2.61. The Kier molecular flexibility index (Phi) is 4.22. The summed E-state index contributed by atoms with van der Waals surface area (Å²) in [4.78, 5) is 17.5. The van der Waals surface area contributed by atoms with Crippen molar-refractivity contribution in [2.24, 2.45) is 28.7 Å². The first-order valence-corrected chi connectivity index (χ1v) is 10.4. The molecule has 5 rings (SSSR count). The van der Waals surface area contributed by atoms with Gasteiger partial charge < -0.3 is 0 Å². The van der Waals surface area contributed by atoms with E-state index in [-0.39, 0.29) is 5.92 Å². The Labute approximate surface area is 161 Å². The zero-order chi connectivity index (χ0) is 18.4. The van der Waals surface area contributed by atoms with Gasteiger partial charge in [0.15, 0.2) is 5.78 Å². The Hall–Kier alpha value is -2.22. The summed E-state index contributed by atoms with van der Waals surface area (Å²) < 4.78 is 0. The summed E-state index contributed by atoms with van der Waals surface area (Å²) in [5.74, 6) is 3.03. The maximum atomic E-state index is 13.1. The maximum absolute atomic E-state index is 13.1. The van der Waals surface area contributed by atoms with Crippen molar-refractivity contribution in [3.05, 3.63) is 71.8 Å². The van der Waals surface area contributed by atoms with E-state index in [0.717, 1.165) is 31.4 Å². The molecule has 0 amide bonds. The fourth-order valence-corrected chi connectivity index (χ4v) is 6.57. The van der Waals surface area contributed by atoms with Crippen molar-refractivity contribution < 1.29 is 4.79 Å². The highest BCUT2D eigenvalue weighted by Gasteiger charge is 2.58. The van der Waals surface area contributed by atoms with E-state index < -0.39 is 0 Å². The van der Waals surface area contributed by atoms with Crippen LogP contribution >= 0.6 is 0 Å². The number of aliphatic imine (C=N–C) groups is 1. The summed E-state index contributed by atoms with van der Waals surface area (Å²) in [6.45, 7) is 0.